The number of aliphatic hydroxyl groups excluding tert-OH is 1. The lowest BCUT2D eigenvalue weighted by atomic mass is 9.98. The van der Waals surface area contributed by atoms with Crippen LogP contribution >= 0.6 is 11.6 Å². The van der Waals surface area contributed by atoms with Gasteiger partial charge in [-0.2, -0.15) is 0 Å². The maximum Gasteiger partial charge on any atom is 0.296 e. The smallest absolute Gasteiger partial charge is 0.296 e. The van der Waals surface area contributed by atoms with Crippen molar-refractivity contribution in [1.29, 1.82) is 0 Å². The quantitative estimate of drug-likeness (QED) is 0.410. The van der Waals surface area contributed by atoms with Crippen molar-refractivity contribution in [2.24, 2.45) is 0 Å². The first-order valence-corrected chi connectivity index (χ1v) is 10.5. The van der Waals surface area contributed by atoms with Crippen molar-refractivity contribution in [2.75, 3.05) is 14.2 Å². The zero-order valence-electron chi connectivity index (χ0n) is 17.6. The van der Waals surface area contributed by atoms with Crippen molar-refractivity contribution in [3.63, 3.8) is 0 Å². The van der Waals surface area contributed by atoms with Crippen LogP contribution in [0.4, 0.5) is 0 Å². The van der Waals surface area contributed by atoms with E-state index in [4.69, 9.17) is 25.5 Å². The van der Waals surface area contributed by atoms with Gasteiger partial charge in [-0.3, -0.25) is 9.59 Å². The van der Waals surface area contributed by atoms with Crippen LogP contribution in [0.2, 0.25) is 5.02 Å². The lowest BCUT2D eigenvalue weighted by Crippen LogP contribution is -2.37. The highest BCUT2D eigenvalue weighted by Crippen LogP contribution is 2.45. The van der Waals surface area contributed by atoms with Gasteiger partial charge in [-0.05, 0) is 38.0 Å². The molecule has 1 saturated carbocycles. The Morgan fingerprint density at radius 2 is 1.81 bits per heavy atom. The first-order chi connectivity index (χ1) is 14.9. The number of rotatable bonds is 5. The van der Waals surface area contributed by atoms with Gasteiger partial charge in [-0.15, -0.1) is 0 Å². The molecule has 2 heterocycles. The first kappa shape index (κ1) is 21.3. The summed E-state index contributed by atoms with van der Waals surface area (Å²) in [5, 5.41) is 11.6. The molecule has 1 unspecified atom stereocenters. The summed E-state index contributed by atoms with van der Waals surface area (Å²) in [6.07, 6.45) is 3.59. The van der Waals surface area contributed by atoms with Crippen LogP contribution in [0.15, 0.2) is 34.3 Å². The number of likely N-dealkylation sites (tertiary alicyclic amines) is 1. The average Bonchev–Trinajstić information content (AvgIpc) is 3.48. The van der Waals surface area contributed by atoms with E-state index in [9.17, 15) is 14.7 Å². The van der Waals surface area contributed by atoms with Gasteiger partial charge in [-0.25, -0.2) is 0 Å². The monoisotopic (exact) mass is 445 g/mol. The van der Waals surface area contributed by atoms with Crippen LogP contribution in [0.5, 0.6) is 11.5 Å². The lowest BCUT2D eigenvalue weighted by Gasteiger charge is -2.29. The number of methoxy groups -OCH3 is 2. The Hall–Kier alpha value is -2.93. The van der Waals surface area contributed by atoms with Crippen molar-refractivity contribution in [3.05, 3.63) is 51.9 Å². The van der Waals surface area contributed by atoms with E-state index in [0.29, 0.717) is 22.3 Å². The topological polar surface area (TPSA) is 89.2 Å². The summed E-state index contributed by atoms with van der Waals surface area (Å²) in [7, 11) is 2.88. The van der Waals surface area contributed by atoms with E-state index in [0.717, 1.165) is 25.7 Å². The molecule has 2 fully saturated rings. The molecule has 1 aliphatic carbocycles. The van der Waals surface area contributed by atoms with Crippen molar-refractivity contribution < 1.29 is 28.6 Å². The number of ether oxygens (including phenoxy) is 2. The Kier molecular flexibility index (Phi) is 5.71. The molecule has 1 N–H and O–H groups in total. The fourth-order valence-electron chi connectivity index (χ4n) is 4.48. The number of carbonyl (C=O) groups is 2. The number of ketones is 1. The van der Waals surface area contributed by atoms with E-state index < -0.39 is 17.7 Å². The van der Waals surface area contributed by atoms with Gasteiger partial charge in [-0.1, -0.05) is 24.4 Å². The fourth-order valence-corrected chi connectivity index (χ4v) is 4.71. The second-order valence-corrected chi connectivity index (χ2v) is 8.19. The molecule has 1 aliphatic heterocycles. The minimum Gasteiger partial charge on any atom is -0.507 e. The predicted octanol–water partition coefficient (Wildman–Crippen LogP) is 4.62. The number of carbonyl (C=O) groups excluding carboxylic acids is 2. The van der Waals surface area contributed by atoms with Gasteiger partial charge in [0.25, 0.3) is 11.7 Å². The van der Waals surface area contributed by atoms with Crippen molar-refractivity contribution in [1.82, 2.24) is 4.90 Å². The van der Waals surface area contributed by atoms with Gasteiger partial charge in [0.2, 0.25) is 0 Å². The molecule has 2 aromatic rings. The summed E-state index contributed by atoms with van der Waals surface area (Å²) in [5.74, 6) is -0.0940. The molecule has 0 radical (unpaired) electrons. The molecule has 0 spiro atoms. The lowest BCUT2D eigenvalue weighted by molar-refractivity contribution is -0.141. The minimum atomic E-state index is -0.817. The highest BCUT2D eigenvalue weighted by atomic mass is 35.5. The van der Waals surface area contributed by atoms with E-state index >= 15 is 0 Å². The van der Waals surface area contributed by atoms with Crippen LogP contribution in [-0.4, -0.2) is 42.0 Å². The van der Waals surface area contributed by atoms with E-state index in [1.807, 2.05) is 0 Å². The van der Waals surface area contributed by atoms with Crippen LogP contribution in [0.1, 0.15) is 48.8 Å². The van der Waals surface area contributed by atoms with E-state index in [2.05, 4.69) is 0 Å². The summed E-state index contributed by atoms with van der Waals surface area (Å²) in [5.41, 5.74) is 0.176. The van der Waals surface area contributed by atoms with Gasteiger partial charge >= 0.3 is 0 Å². The molecule has 1 amide bonds. The highest BCUT2D eigenvalue weighted by molar-refractivity contribution is 6.46. The molecule has 4 rings (SSSR count). The number of furan rings is 1. The summed E-state index contributed by atoms with van der Waals surface area (Å²) in [6, 6.07) is 5.59. The molecule has 1 aromatic carbocycles. The SMILES string of the molecule is COc1cc(/C(O)=C2\C(=O)C(=O)N(C3CCCC3)C2c2ccc(C)o2)c(OC)cc1Cl. The number of halogens is 1. The summed E-state index contributed by atoms with van der Waals surface area (Å²) < 4.78 is 16.5. The van der Waals surface area contributed by atoms with Crippen molar-refractivity contribution in [2.45, 2.75) is 44.7 Å². The third kappa shape index (κ3) is 3.57. The summed E-state index contributed by atoms with van der Waals surface area (Å²) >= 11 is 6.19. The Labute approximate surface area is 185 Å². The van der Waals surface area contributed by atoms with Crippen LogP contribution < -0.4 is 9.47 Å². The third-order valence-electron chi connectivity index (χ3n) is 5.96. The van der Waals surface area contributed by atoms with Crippen LogP contribution in [0.3, 0.4) is 0 Å². The normalized spacial score (nSPS) is 21.2. The molecule has 1 atom stereocenters. The molecule has 7 nitrogen and oxygen atoms in total. The molecular formula is C23H24ClNO6. The second-order valence-electron chi connectivity index (χ2n) is 7.78. The maximum atomic E-state index is 13.1. The molecule has 1 saturated heterocycles. The third-order valence-corrected chi connectivity index (χ3v) is 6.25. The van der Waals surface area contributed by atoms with Crippen LogP contribution in [-0.2, 0) is 9.59 Å². The van der Waals surface area contributed by atoms with Crippen LogP contribution in [0.25, 0.3) is 5.76 Å². The van der Waals surface area contributed by atoms with E-state index in [-0.39, 0.29) is 28.7 Å². The minimum absolute atomic E-state index is 0.0334. The van der Waals surface area contributed by atoms with Gasteiger partial charge in [0.15, 0.2) is 0 Å². The summed E-state index contributed by atoms with van der Waals surface area (Å²) in [4.78, 5) is 27.8. The first-order valence-electron chi connectivity index (χ1n) is 10.2. The molecule has 0 bridgehead atoms. The highest BCUT2D eigenvalue weighted by Gasteiger charge is 2.50. The average molecular weight is 446 g/mol. The van der Waals surface area contributed by atoms with Gasteiger partial charge in [0.05, 0.1) is 30.4 Å². The maximum absolute atomic E-state index is 13.1. The number of hydrogen-bond donors (Lipinski definition) is 1. The number of Topliss-reactive ketones (excluding diaryl/α,β-unsaturated/α-hetero) is 1. The molecule has 8 heteroatoms. The largest absolute Gasteiger partial charge is 0.507 e. The van der Waals surface area contributed by atoms with Crippen LogP contribution in [0, 0.1) is 6.92 Å². The standard InChI is InChI=1S/C23H24ClNO6/c1-12-8-9-16(31-12)20-19(22(27)23(28)25(20)13-6-4-5-7-13)21(26)14-10-18(30-3)15(24)11-17(14)29-2/h8-11,13,20,26H,4-7H2,1-3H3/b21-19+. The Morgan fingerprint density at radius 3 is 2.39 bits per heavy atom. The molecule has 1 aromatic heterocycles. The zero-order chi connectivity index (χ0) is 22.3. The van der Waals surface area contributed by atoms with E-state index in [1.165, 1.54) is 26.4 Å². The number of hydrogen-bond acceptors (Lipinski definition) is 6. The number of aryl methyl sites for hydroxylation is 1. The Morgan fingerprint density at radius 1 is 1.13 bits per heavy atom. The number of aliphatic hydroxyl groups is 1. The number of amides is 1. The predicted molar refractivity (Wildman–Crippen MR) is 114 cm³/mol. The van der Waals surface area contributed by atoms with Crippen molar-refractivity contribution in [3.8, 4) is 11.5 Å². The summed E-state index contributed by atoms with van der Waals surface area (Å²) in [6.45, 7) is 1.79. The Balaban J connectivity index is 1.93. The van der Waals surface area contributed by atoms with Gasteiger partial charge < -0.3 is 23.9 Å². The Bertz CT molecular complexity index is 1070. The number of nitrogens with zero attached hydrogens (tertiary/aromatic N) is 1. The molecule has 2 aliphatic rings. The second kappa shape index (κ2) is 8.30. The van der Waals surface area contributed by atoms with Crippen molar-refractivity contribution >= 4 is 29.1 Å². The molecule has 164 valence electrons. The fraction of sp³-hybridized carbons (Fsp3) is 0.391. The van der Waals surface area contributed by atoms with E-state index in [1.54, 1.807) is 24.0 Å². The van der Waals surface area contributed by atoms with Gasteiger partial charge in [0, 0.05) is 12.1 Å². The number of benzene rings is 1. The zero-order valence-corrected chi connectivity index (χ0v) is 18.4. The molecular weight excluding hydrogens is 422 g/mol. The van der Waals surface area contributed by atoms with Gasteiger partial charge in [0.1, 0.15) is 34.8 Å². The molecule has 31 heavy (non-hydrogen) atoms.